The fourth-order valence-electron chi connectivity index (χ4n) is 3.01. The molecule has 1 aliphatic rings. The van der Waals surface area contributed by atoms with E-state index >= 15 is 0 Å². The van der Waals surface area contributed by atoms with Gasteiger partial charge < -0.3 is 9.42 Å². The van der Waals surface area contributed by atoms with E-state index in [-0.39, 0.29) is 11.8 Å². The number of likely N-dealkylation sites (tertiary alicyclic amines) is 1. The van der Waals surface area contributed by atoms with E-state index < -0.39 is 5.95 Å². The van der Waals surface area contributed by atoms with Crippen LogP contribution in [0.2, 0.25) is 0 Å². The summed E-state index contributed by atoms with van der Waals surface area (Å²) >= 11 is 1.51. The molecule has 9 heteroatoms. The van der Waals surface area contributed by atoms with E-state index in [0.29, 0.717) is 30.4 Å². The Balaban J connectivity index is 1.49. The number of hydrogen-bond acceptors (Lipinski definition) is 7. The molecule has 7 nitrogen and oxygen atoms in total. The van der Waals surface area contributed by atoms with Gasteiger partial charge in [-0.3, -0.25) is 4.79 Å². The molecule has 0 aliphatic carbocycles. The third-order valence-electron chi connectivity index (χ3n) is 4.32. The Morgan fingerprint density at radius 1 is 1.35 bits per heavy atom. The van der Waals surface area contributed by atoms with Crippen LogP contribution in [0, 0.1) is 12.9 Å². The highest BCUT2D eigenvalue weighted by atomic mass is 32.1. The summed E-state index contributed by atoms with van der Waals surface area (Å²) in [6, 6.07) is 2.64. The standard InChI is InChI=1S/C17H16FN5O2S/c1-10-19-8-13(26-10)15-21-16(25-22-15)12-3-2-6-23(9-12)17(24)11-4-5-14(18)20-7-11/h4-5,7-8,12H,2-3,6,9H2,1H3/t12-/m0/s1. The van der Waals surface area contributed by atoms with Gasteiger partial charge in [0, 0.05) is 25.5 Å². The van der Waals surface area contributed by atoms with Crippen molar-refractivity contribution in [3.63, 3.8) is 0 Å². The van der Waals surface area contributed by atoms with Crippen LogP contribution in [0.3, 0.4) is 0 Å². The maximum absolute atomic E-state index is 13.0. The van der Waals surface area contributed by atoms with Crippen molar-refractivity contribution in [2.75, 3.05) is 13.1 Å². The molecule has 3 aromatic heterocycles. The van der Waals surface area contributed by atoms with Crippen molar-refractivity contribution in [2.24, 2.45) is 0 Å². The lowest BCUT2D eigenvalue weighted by Crippen LogP contribution is -2.39. The molecule has 1 saturated heterocycles. The number of carbonyl (C=O) groups excluding carboxylic acids is 1. The smallest absolute Gasteiger partial charge is 0.255 e. The van der Waals surface area contributed by atoms with E-state index in [0.717, 1.165) is 22.7 Å². The Kier molecular flexibility index (Phi) is 4.46. The molecule has 1 aliphatic heterocycles. The maximum atomic E-state index is 13.0. The van der Waals surface area contributed by atoms with Crippen molar-refractivity contribution in [3.05, 3.63) is 46.9 Å². The summed E-state index contributed by atoms with van der Waals surface area (Å²) in [7, 11) is 0. The van der Waals surface area contributed by atoms with Gasteiger partial charge in [0.2, 0.25) is 17.7 Å². The number of hydrogen-bond donors (Lipinski definition) is 0. The molecule has 0 radical (unpaired) electrons. The number of aromatic nitrogens is 4. The van der Waals surface area contributed by atoms with Crippen molar-refractivity contribution in [3.8, 4) is 10.7 Å². The van der Waals surface area contributed by atoms with Gasteiger partial charge in [-0.25, -0.2) is 9.97 Å². The van der Waals surface area contributed by atoms with Gasteiger partial charge in [0.05, 0.1) is 21.4 Å². The fourth-order valence-corrected chi connectivity index (χ4v) is 3.72. The summed E-state index contributed by atoms with van der Waals surface area (Å²) in [5.41, 5.74) is 0.374. The Bertz CT molecular complexity index is 923. The molecule has 0 saturated carbocycles. The summed E-state index contributed by atoms with van der Waals surface area (Å²) in [5.74, 6) is 0.267. The second-order valence-corrected chi connectivity index (χ2v) is 7.39. The number of aryl methyl sites for hydroxylation is 1. The van der Waals surface area contributed by atoms with E-state index in [1.54, 1.807) is 11.1 Å². The van der Waals surface area contributed by atoms with Crippen LogP contribution >= 0.6 is 11.3 Å². The summed E-state index contributed by atoms with van der Waals surface area (Å²) in [5, 5.41) is 4.98. The first-order valence-corrected chi connectivity index (χ1v) is 9.09. The number of carbonyl (C=O) groups is 1. The van der Waals surface area contributed by atoms with Crippen LogP contribution < -0.4 is 0 Å². The lowest BCUT2D eigenvalue weighted by Gasteiger charge is -2.31. The molecule has 3 aromatic rings. The molecule has 134 valence electrons. The van der Waals surface area contributed by atoms with Gasteiger partial charge in [-0.05, 0) is 31.9 Å². The molecular weight excluding hydrogens is 357 g/mol. The number of rotatable bonds is 3. The predicted octanol–water partition coefficient (Wildman–Crippen LogP) is 3.06. The molecule has 4 heterocycles. The molecule has 0 unspecified atom stereocenters. The lowest BCUT2D eigenvalue weighted by atomic mass is 9.97. The van der Waals surface area contributed by atoms with Gasteiger partial charge in [-0.15, -0.1) is 11.3 Å². The Morgan fingerprint density at radius 2 is 2.23 bits per heavy atom. The van der Waals surface area contributed by atoms with E-state index in [2.05, 4.69) is 20.1 Å². The van der Waals surface area contributed by atoms with Crippen LogP contribution in [0.5, 0.6) is 0 Å². The van der Waals surface area contributed by atoms with Crippen molar-refractivity contribution in [1.29, 1.82) is 0 Å². The third-order valence-corrected chi connectivity index (χ3v) is 5.22. The average Bonchev–Trinajstić information content (AvgIpc) is 3.31. The van der Waals surface area contributed by atoms with Crippen LogP contribution in [0.15, 0.2) is 29.0 Å². The summed E-state index contributed by atoms with van der Waals surface area (Å²) in [4.78, 5) is 27.4. The SMILES string of the molecule is Cc1ncc(-c2noc([C@H]3CCCN(C(=O)c4ccc(F)nc4)C3)n2)s1. The minimum atomic E-state index is -0.602. The first-order valence-electron chi connectivity index (χ1n) is 8.27. The van der Waals surface area contributed by atoms with E-state index in [1.165, 1.54) is 29.7 Å². The molecule has 0 bridgehead atoms. The summed E-state index contributed by atoms with van der Waals surface area (Å²) < 4.78 is 18.4. The van der Waals surface area contributed by atoms with Gasteiger partial charge in [-0.1, -0.05) is 5.16 Å². The average molecular weight is 373 g/mol. The van der Waals surface area contributed by atoms with Gasteiger partial charge in [0.1, 0.15) is 0 Å². The number of amides is 1. The van der Waals surface area contributed by atoms with Gasteiger partial charge in [0.15, 0.2) is 0 Å². The first-order chi connectivity index (χ1) is 12.6. The largest absolute Gasteiger partial charge is 0.339 e. The number of thiazole rings is 1. The summed E-state index contributed by atoms with van der Waals surface area (Å²) in [6.07, 6.45) is 4.70. The molecule has 0 aromatic carbocycles. The van der Waals surface area contributed by atoms with Crippen LogP contribution in [-0.2, 0) is 0 Å². The Hall–Kier alpha value is -2.68. The molecule has 1 amide bonds. The fraction of sp³-hybridized carbons (Fsp3) is 0.353. The van der Waals surface area contributed by atoms with Crippen molar-refractivity contribution in [1.82, 2.24) is 25.0 Å². The van der Waals surface area contributed by atoms with Gasteiger partial charge in [-0.2, -0.15) is 9.37 Å². The zero-order chi connectivity index (χ0) is 18.1. The molecule has 26 heavy (non-hydrogen) atoms. The van der Waals surface area contributed by atoms with Crippen LogP contribution in [0.4, 0.5) is 4.39 Å². The Morgan fingerprint density at radius 3 is 2.96 bits per heavy atom. The molecular formula is C17H16FN5O2S. The lowest BCUT2D eigenvalue weighted by molar-refractivity contribution is 0.0695. The van der Waals surface area contributed by atoms with Gasteiger partial charge in [0.25, 0.3) is 5.91 Å². The number of nitrogens with zero attached hydrogens (tertiary/aromatic N) is 5. The monoisotopic (exact) mass is 373 g/mol. The van der Waals surface area contributed by atoms with Gasteiger partial charge >= 0.3 is 0 Å². The molecule has 0 spiro atoms. The normalized spacial score (nSPS) is 17.5. The molecule has 1 atom stereocenters. The summed E-state index contributed by atoms with van der Waals surface area (Å²) in [6.45, 7) is 3.05. The highest BCUT2D eigenvalue weighted by Crippen LogP contribution is 2.29. The second-order valence-electron chi connectivity index (χ2n) is 6.16. The number of halogens is 1. The van der Waals surface area contributed by atoms with Crippen LogP contribution in [0.25, 0.3) is 10.7 Å². The van der Waals surface area contributed by atoms with E-state index in [1.807, 2.05) is 6.92 Å². The minimum absolute atomic E-state index is 0.0172. The van der Waals surface area contributed by atoms with E-state index in [9.17, 15) is 9.18 Å². The molecule has 1 fully saturated rings. The third kappa shape index (κ3) is 3.34. The van der Waals surface area contributed by atoms with Crippen LogP contribution in [0.1, 0.15) is 40.0 Å². The van der Waals surface area contributed by atoms with Crippen molar-refractivity contribution >= 4 is 17.2 Å². The van der Waals surface area contributed by atoms with Crippen molar-refractivity contribution < 1.29 is 13.7 Å². The molecule has 0 N–H and O–H groups in total. The predicted molar refractivity (Wildman–Crippen MR) is 92.2 cm³/mol. The first kappa shape index (κ1) is 16.8. The zero-order valence-electron chi connectivity index (χ0n) is 14.1. The van der Waals surface area contributed by atoms with Crippen LogP contribution in [-0.4, -0.2) is 44.0 Å². The topological polar surface area (TPSA) is 85.0 Å². The second kappa shape index (κ2) is 6.91. The number of piperidine rings is 1. The highest BCUT2D eigenvalue weighted by molar-refractivity contribution is 7.14. The van der Waals surface area contributed by atoms with Crippen molar-refractivity contribution in [2.45, 2.75) is 25.7 Å². The Labute approximate surface area is 152 Å². The van der Waals surface area contributed by atoms with E-state index in [4.69, 9.17) is 4.52 Å². The number of pyridine rings is 1. The zero-order valence-corrected chi connectivity index (χ0v) is 14.9. The molecule has 4 rings (SSSR count). The highest BCUT2D eigenvalue weighted by Gasteiger charge is 2.29. The minimum Gasteiger partial charge on any atom is -0.339 e. The quantitative estimate of drug-likeness (QED) is 0.656. The maximum Gasteiger partial charge on any atom is 0.255 e.